The number of aromatic nitrogens is 2. The van der Waals surface area contributed by atoms with Gasteiger partial charge in [0.05, 0.1) is 0 Å². The maximum Gasteiger partial charge on any atom is 0.224 e. The van der Waals surface area contributed by atoms with Gasteiger partial charge in [0.25, 0.3) is 0 Å². The lowest BCUT2D eigenvalue weighted by atomic mass is 9.96. The standard InChI is InChI=1S/C27H32N4O2/c1-3-20-5-7-22(8-6-20)18-28-27(32)23-13-15-31(16-14-23)25-17-26(30-19-29-25)33-24-11-9-21(4-2)10-12-24/h5-12,17,19,23H,3-4,13-16,18H2,1-2H3,(H,28,32). The van der Waals surface area contributed by atoms with Gasteiger partial charge in [0, 0.05) is 31.6 Å². The van der Waals surface area contributed by atoms with Crippen LogP contribution in [0.4, 0.5) is 5.82 Å². The summed E-state index contributed by atoms with van der Waals surface area (Å²) in [5.41, 5.74) is 3.72. The van der Waals surface area contributed by atoms with E-state index in [1.165, 1.54) is 17.5 Å². The fraction of sp³-hybridized carbons (Fsp3) is 0.370. The number of amides is 1. The molecule has 4 rings (SSSR count). The maximum atomic E-state index is 12.7. The molecule has 0 radical (unpaired) electrons. The molecule has 0 unspecified atom stereocenters. The second kappa shape index (κ2) is 10.9. The van der Waals surface area contributed by atoms with Gasteiger partial charge in [0.15, 0.2) is 0 Å². The first-order valence-electron chi connectivity index (χ1n) is 11.8. The normalized spacial score (nSPS) is 14.2. The predicted octanol–water partition coefficient (Wildman–Crippen LogP) is 4.93. The number of ether oxygens (including phenoxy) is 1. The second-order valence-electron chi connectivity index (χ2n) is 8.46. The summed E-state index contributed by atoms with van der Waals surface area (Å²) in [4.78, 5) is 23.5. The van der Waals surface area contributed by atoms with E-state index in [2.05, 4.69) is 70.4 Å². The van der Waals surface area contributed by atoms with Crippen LogP contribution in [0.15, 0.2) is 60.9 Å². The fourth-order valence-corrected chi connectivity index (χ4v) is 4.07. The molecule has 1 aliphatic rings. The third-order valence-corrected chi connectivity index (χ3v) is 6.27. The first-order valence-corrected chi connectivity index (χ1v) is 11.8. The molecular weight excluding hydrogens is 412 g/mol. The average Bonchev–Trinajstić information content (AvgIpc) is 2.88. The van der Waals surface area contributed by atoms with Crippen LogP contribution >= 0.6 is 0 Å². The lowest BCUT2D eigenvalue weighted by Gasteiger charge is -2.32. The third kappa shape index (κ3) is 6.09. The molecule has 6 nitrogen and oxygen atoms in total. The van der Waals surface area contributed by atoms with Crippen LogP contribution in [0.5, 0.6) is 11.6 Å². The molecule has 1 saturated heterocycles. The lowest BCUT2D eigenvalue weighted by Crippen LogP contribution is -2.40. The van der Waals surface area contributed by atoms with Gasteiger partial charge in [-0.3, -0.25) is 4.79 Å². The van der Waals surface area contributed by atoms with Gasteiger partial charge in [0.2, 0.25) is 11.8 Å². The van der Waals surface area contributed by atoms with Crippen LogP contribution in [0.2, 0.25) is 0 Å². The number of benzene rings is 2. The molecule has 1 aliphatic heterocycles. The SMILES string of the molecule is CCc1ccc(CNC(=O)C2CCN(c3cc(Oc4ccc(CC)cc4)ncn3)CC2)cc1. The molecular formula is C27H32N4O2. The Labute approximate surface area is 196 Å². The highest BCUT2D eigenvalue weighted by molar-refractivity contribution is 5.79. The highest BCUT2D eigenvalue weighted by atomic mass is 16.5. The number of rotatable bonds is 8. The number of piperidine rings is 1. The van der Waals surface area contributed by atoms with Crippen LogP contribution < -0.4 is 15.0 Å². The van der Waals surface area contributed by atoms with Gasteiger partial charge in [-0.1, -0.05) is 50.2 Å². The number of nitrogens with zero attached hydrogens (tertiary/aromatic N) is 3. The molecule has 1 amide bonds. The number of anilines is 1. The molecule has 0 atom stereocenters. The zero-order chi connectivity index (χ0) is 23.0. The van der Waals surface area contributed by atoms with Gasteiger partial charge in [-0.05, 0) is 54.5 Å². The first-order chi connectivity index (χ1) is 16.1. The summed E-state index contributed by atoms with van der Waals surface area (Å²) >= 11 is 0. The van der Waals surface area contributed by atoms with E-state index in [0.717, 1.165) is 55.9 Å². The fourth-order valence-electron chi connectivity index (χ4n) is 4.07. The Morgan fingerprint density at radius 1 is 0.939 bits per heavy atom. The van der Waals surface area contributed by atoms with Crippen molar-refractivity contribution in [1.82, 2.24) is 15.3 Å². The topological polar surface area (TPSA) is 67.4 Å². The Bertz CT molecular complexity index is 1040. The Morgan fingerprint density at radius 3 is 2.18 bits per heavy atom. The van der Waals surface area contributed by atoms with Crippen molar-refractivity contribution >= 4 is 11.7 Å². The minimum absolute atomic E-state index is 0.0332. The van der Waals surface area contributed by atoms with Crippen molar-refractivity contribution in [3.8, 4) is 11.6 Å². The maximum absolute atomic E-state index is 12.7. The van der Waals surface area contributed by atoms with E-state index in [1.807, 2.05) is 18.2 Å². The number of aryl methyl sites for hydroxylation is 2. The van der Waals surface area contributed by atoms with Crippen molar-refractivity contribution in [2.24, 2.45) is 5.92 Å². The quantitative estimate of drug-likeness (QED) is 0.534. The van der Waals surface area contributed by atoms with Crippen molar-refractivity contribution in [2.75, 3.05) is 18.0 Å². The summed E-state index contributed by atoms with van der Waals surface area (Å²) < 4.78 is 5.92. The molecule has 2 heterocycles. The summed E-state index contributed by atoms with van der Waals surface area (Å²) in [6.45, 7) is 6.42. The minimum atomic E-state index is 0.0332. The van der Waals surface area contributed by atoms with Gasteiger partial charge >= 0.3 is 0 Å². The second-order valence-corrected chi connectivity index (χ2v) is 8.46. The van der Waals surface area contributed by atoms with Gasteiger partial charge < -0.3 is 15.0 Å². The third-order valence-electron chi connectivity index (χ3n) is 6.27. The van der Waals surface area contributed by atoms with Gasteiger partial charge in [-0.15, -0.1) is 0 Å². The molecule has 0 aliphatic carbocycles. The van der Waals surface area contributed by atoms with Crippen LogP contribution in [-0.4, -0.2) is 29.0 Å². The van der Waals surface area contributed by atoms with Gasteiger partial charge in [0.1, 0.15) is 17.9 Å². The lowest BCUT2D eigenvalue weighted by molar-refractivity contribution is -0.125. The molecule has 0 saturated carbocycles. The smallest absolute Gasteiger partial charge is 0.224 e. The average molecular weight is 445 g/mol. The zero-order valence-corrected chi connectivity index (χ0v) is 19.5. The van der Waals surface area contributed by atoms with Gasteiger partial charge in [-0.25, -0.2) is 9.97 Å². The number of carbonyl (C=O) groups excluding carboxylic acids is 1. The summed E-state index contributed by atoms with van der Waals surface area (Å²) in [5, 5.41) is 3.10. The molecule has 6 heteroatoms. The molecule has 0 bridgehead atoms. The summed E-state index contributed by atoms with van der Waals surface area (Å²) in [7, 11) is 0. The Morgan fingerprint density at radius 2 is 1.55 bits per heavy atom. The molecule has 2 aromatic carbocycles. The largest absolute Gasteiger partial charge is 0.439 e. The van der Waals surface area contributed by atoms with Gasteiger partial charge in [-0.2, -0.15) is 0 Å². The molecule has 172 valence electrons. The van der Waals surface area contributed by atoms with Crippen LogP contribution in [0.3, 0.4) is 0 Å². The molecule has 1 aromatic heterocycles. The Balaban J connectivity index is 1.28. The highest BCUT2D eigenvalue weighted by Crippen LogP contribution is 2.26. The molecule has 33 heavy (non-hydrogen) atoms. The Kier molecular flexibility index (Phi) is 7.55. The van der Waals surface area contributed by atoms with Crippen LogP contribution in [0, 0.1) is 5.92 Å². The summed E-state index contributed by atoms with van der Waals surface area (Å²) in [6, 6.07) is 18.4. The van der Waals surface area contributed by atoms with E-state index < -0.39 is 0 Å². The number of hydrogen-bond acceptors (Lipinski definition) is 5. The molecule has 1 N–H and O–H groups in total. The van der Waals surface area contributed by atoms with Crippen LogP contribution in [0.25, 0.3) is 0 Å². The van der Waals surface area contributed by atoms with E-state index in [4.69, 9.17) is 4.74 Å². The van der Waals surface area contributed by atoms with Crippen molar-refractivity contribution in [3.05, 3.63) is 77.6 Å². The van der Waals surface area contributed by atoms with E-state index >= 15 is 0 Å². The van der Waals surface area contributed by atoms with Crippen molar-refractivity contribution in [3.63, 3.8) is 0 Å². The minimum Gasteiger partial charge on any atom is -0.439 e. The zero-order valence-electron chi connectivity index (χ0n) is 19.5. The van der Waals surface area contributed by atoms with E-state index in [0.29, 0.717) is 12.4 Å². The van der Waals surface area contributed by atoms with Crippen molar-refractivity contribution < 1.29 is 9.53 Å². The first kappa shape index (κ1) is 22.8. The molecule has 1 fully saturated rings. The summed E-state index contributed by atoms with van der Waals surface area (Å²) in [5.74, 6) is 2.29. The van der Waals surface area contributed by atoms with Crippen LogP contribution in [0.1, 0.15) is 43.4 Å². The Hall–Kier alpha value is -3.41. The van der Waals surface area contributed by atoms with E-state index in [-0.39, 0.29) is 11.8 Å². The van der Waals surface area contributed by atoms with Crippen molar-refractivity contribution in [1.29, 1.82) is 0 Å². The number of carbonyl (C=O) groups is 1. The predicted molar refractivity (Wildman–Crippen MR) is 131 cm³/mol. The van der Waals surface area contributed by atoms with E-state index in [1.54, 1.807) is 0 Å². The number of nitrogens with one attached hydrogen (secondary N) is 1. The monoisotopic (exact) mass is 444 g/mol. The summed E-state index contributed by atoms with van der Waals surface area (Å²) in [6.07, 6.45) is 5.17. The number of hydrogen-bond donors (Lipinski definition) is 1. The molecule has 3 aromatic rings. The highest BCUT2D eigenvalue weighted by Gasteiger charge is 2.25. The van der Waals surface area contributed by atoms with Crippen LogP contribution in [-0.2, 0) is 24.2 Å². The van der Waals surface area contributed by atoms with Crippen molar-refractivity contribution in [2.45, 2.75) is 46.1 Å². The van der Waals surface area contributed by atoms with E-state index in [9.17, 15) is 4.79 Å². The molecule has 0 spiro atoms.